The van der Waals surface area contributed by atoms with Gasteiger partial charge in [0.1, 0.15) is 5.25 Å². The minimum Gasteiger partial charge on any atom is -0.493 e. The number of carbonyl (C=O) groups is 4. The normalized spacial score (nSPS) is 19.4. The fourth-order valence-electron chi connectivity index (χ4n) is 4.93. The Morgan fingerprint density at radius 2 is 1.68 bits per heavy atom. The van der Waals surface area contributed by atoms with Gasteiger partial charge in [-0.1, -0.05) is 29.2 Å². The van der Waals surface area contributed by atoms with Crippen molar-refractivity contribution in [3.8, 4) is 11.5 Å². The number of H-pyrrole nitrogens is 1. The van der Waals surface area contributed by atoms with E-state index in [0.29, 0.717) is 38.2 Å². The summed E-state index contributed by atoms with van der Waals surface area (Å²) in [6.45, 7) is 3.54. The Kier molecular flexibility index (Phi) is 8.18. The number of imide groups is 1. The maximum absolute atomic E-state index is 13.9. The van der Waals surface area contributed by atoms with E-state index in [2.05, 4.69) is 4.98 Å². The molecule has 41 heavy (non-hydrogen) atoms. The lowest BCUT2D eigenvalue weighted by atomic mass is 9.83. The number of nitrogens with one attached hydrogen (secondary N) is 1. The largest absolute Gasteiger partial charge is 0.493 e. The average Bonchev–Trinajstić information content (AvgIpc) is 3.46. The van der Waals surface area contributed by atoms with Crippen molar-refractivity contribution < 1.29 is 38.1 Å². The van der Waals surface area contributed by atoms with Gasteiger partial charge < -0.3 is 23.9 Å². The van der Waals surface area contributed by atoms with Crippen molar-refractivity contribution >= 4 is 52.5 Å². The van der Waals surface area contributed by atoms with Gasteiger partial charge in [-0.15, -0.1) is 0 Å². The van der Waals surface area contributed by atoms with Gasteiger partial charge in [-0.05, 0) is 55.8 Å². The second-order valence-electron chi connectivity index (χ2n) is 9.03. The molecule has 0 spiro atoms. The van der Waals surface area contributed by atoms with E-state index >= 15 is 0 Å². The van der Waals surface area contributed by atoms with E-state index in [1.165, 1.54) is 31.4 Å². The van der Waals surface area contributed by atoms with Crippen LogP contribution in [0, 0.1) is 5.92 Å². The minimum atomic E-state index is -0.813. The molecular formula is C28H26N2O9S2. The fraction of sp³-hybridized carbons (Fsp3) is 0.321. The number of nitrogens with zero attached hydrogens (tertiary/aromatic N) is 1. The highest BCUT2D eigenvalue weighted by Gasteiger charge is 2.56. The van der Waals surface area contributed by atoms with E-state index < -0.39 is 40.8 Å². The maximum atomic E-state index is 13.9. The van der Waals surface area contributed by atoms with E-state index in [-0.39, 0.29) is 24.7 Å². The van der Waals surface area contributed by atoms with Crippen LogP contribution in [0.15, 0.2) is 52.3 Å². The van der Waals surface area contributed by atoms with Crippen LogP contribution in [0.4, 0.5) is 5.69 Å². The summed E-state index contributed by atoms with van der Waals surface area (Å²) < 4.78 is 21.0. The molecule has 3 aromatic rings. The lowest BCUT2D eigenvalue weighted by molar-refractivity contribution is -0.145. The highest BCUT2D eigenvalue weighted by atomic mass is 32.2. The number of thiazole rings is 1. The Bertz CT molecular complexity index is 1560. The van der Waals surface area contributed by atoms with Crippen LogP contribution < -0.4 is 19.2 Å². The third-order valence-corrected chi connectivity index (χ3v) is 9.06. The Morgan fingerprint density at radius 3 is 2.37 bits per heavy atom. The molecule has 0 radical (unpaired) electrons. The van der Waals surface area contributed by atoms with Crippen LogP contribution in [0.1, 0.15) is 40.6 Å². The molecule has 1 N–H and O–H groups in total. The van der Waals surface area contributed by atoms with Gasteiger partial charge in [0.15, 0.2) is 18.1 Å². The van der Waals surface area contributed by atoms with Gasteiger partial charge in [-0.3, -0.25) is 14.4 Å². The Morgan fingerprint density at radius 1 is 0.951 bits per heavy atom. The molecule has 5 rings (SSSR count). The summed E-state index contributed by atoms with van der Waals surface area (Å²) in [4.78, 5) is 68.1. The molecule has 0 aliphatic carbocycles. The second kappa shape index (κ2) is 11.8. The number of anilines is 1. The summed E-state index contributed by atoms with van der Waals surface area (Å²) in [6, 6.07) is 11.1. The number of carbonyl (C=O) groups excluding carboxylic acids is 4. The molecule has 214 valence electrons. The quantitative estimate of drug-likeness (QED) is 0.288. The standard InChI is InChI=1S/C28H26N2O9S2/c1-4-37-19(31)13-39-17-11-8-15(12-18(17)36-3)20-21-23(40-24-22(20)41-28(35)29-24)26(33)30(25(21)32)16-9-6-14(7-10-16)27(34)38-5-2/h6-12,20-21,23H,4-5,13H2,1-3H3,(H,29,35)/t20-,21?,23?/m1/s1. The van der Waals surface area contributed by atoms with Gasteiger partial charge in [-0.2, -0.15) is 0 Å². The molecule has 2 amide bonds. The summed E-state index contributed by atoms with van der Waals surface area (Å²) in [5.41, 5.74) is 1.27. The first-order valence-electron chi connectivity index (χ1n) is 12.8. The number of esters is 2. The minimum absolute atomic E-state index is 0.223. The van der Waals surface area contributed by atoms with Gasteiger partial charge in [0, 0.05) is 10.8 Å². The number of hydrogen-bond donors (Lipinski definition) is 1. The van der Waals surface area contributed by atoms with E-state index in [4.69, 9.17) is 18.9 Å². The van der Waals surface area contributed by atoms with Crippen molar-refractivity contribution in [1.29, 1.82) is 0 Å². The Balaban J connectivity index is 1.50. The van der Waals surface area contributed by atoms with E-state index in [0.717, 1.165) is 28.0 Å². The van der Waals surface area contributed by atoms with Crippen molar-refractivity contribution in [1.82, 2.24) is 4.98 Å². The highest BCUT2D eigenvalue weighted by Crippen LogP contribution is 2.53. The monoisotopic (exact) mass is 598 g/mol. The molecule has 3 atom stereocenters. The van der Waals surface area contributed by atoms with Crippen LogP contribution in [0.5, 0.6) is 11.5 Å². The molecule has 2 unspecified atom stereocenters. The number of amides is 2. The molecule has 11 nitrogen and oxygen atoms in total. The van der Waals surface area contributed by atoms with Crippen molar-refractivity contribution in [3.05, 3.63) is 68.1 Å². The van der Waals surface area contributed by atoms with E-state index in [1.54, 1.807) is 32.0 Å². The molecule has 2 aliphatic rings. The summed E-state index contributed by atoms with van der Waals surface area (Å²) in [6.07, 6.45) is 0. The Labute approximate surface area is 242 Å². The molecule has 1 fully saturated rings. The first-order valence-corrected chi connectivity index (χ1v) is 14.5. The van der Waals surface area contributed by atoms with Gasteiger partial charge in [0.25, 0.3) is 0 Å². The third-order valence-electron chi connectivity index (χ3n) is 6.66. The maximum Gasteiger partial charge on any atom is 0.344 e. The van der Waals surface area contributed by atoms with Gasteiger partial charge in [-0.25, -0.2) is 14.5 Å². The van der Waals surface area contributed by atoms with Crippen molar-refractivity contribution in [2.24, 2.45) is 5.92 Å². The van der Waals surface area contributed by atoms with Crippen LogP contribution in [-0.2, 0) is 23.9 Å². The molecular weight excluding hydrogens is 572 g/mol. The zero-order valence-electron chi connectivity index (χ0n) is 22.3. The predicted molar refractivity (Wildman–Crippen MR) is 150 cm³/mol. The molecule has 0 saturated carbocycles. The summed E-state index contributed by atoms with van der Waals surface area (Å²) in [5.74, 6) is -2.70. The number of ether oxygens (including phenoxy) is 4. The number of fused-ring (bicyclic) bond motifs is 2. The van der Waals surface area contributed by atoms with E-state index in [9.17, 15) is 24.0 Å². The molecule has 13 heteroatoms. The Hall–Kier alpha value is -4.10. The summed E-state index contributed by atoms with van der Waals surface area (Å²) in [7, 11) is 1.45. The first-order chi connectivity index (χ1) is 19.8. The van der Waals surface area contributed by atoms with Crippen molar-refractivity contribution in [2.45, 2.75) is 30.0 Å². The highest BCUT2D eigenvalue weighted by molar-refractivity contribution is 8.00. The first kappa shape index (κ1) is 28.4. The van der Waals surface area contributed by atoms with Gasteiger partial charge >= 0.3 is 16.8 Å². The molecule has 0 bridgehead atoms. The summed E-state index contributed by atoms with van der Waals surface area (Å²) >= 11 is 2.15. The predicted octanol–water partition coefficient (Wildman–Crippen LogP) is 3.36. The number of rotatable bonds is 9. The van der Waals surface area contributed by atoms with Crippen LogP contribution in [0.25, 0.3) is 0 Å². The second-order valence-corrected chi connectivity index (χ2v) is 11.2. The lowest BCUT2D eigenvalue weighted by Crippen LogP contribution is -2.32. The van der Waals surface area contributed by atoms with Crippen LogP contribution in [0.3, 0.4) is 0 Å². The molecule has 2 aliphatic heterocycles. The molecule has 3 heterocycles. The van der Waals surface area contributed by atoms with Gasteiger partial charge in [0.05, 0.1) is 42.5 Å². The summed E-state index contributed by atoms with van der Waals surface area (Å²) in [5, 5.41) is -0.255. The van der Waals surface area contributed by atoms with Crippen molar-refractivity contribution in [3.63, 3.8) is 0 Å². The number of hydrogen-bond acceptors (Lipinski definition) is 11. The smallest absolute Gasteiger partial charge is 0.344 e. The zero-order chi connectivity index (χ0) is 29.3. The number of methoxy groups -OCH3 is 1. The number of benzene rings is 2. The van der Waals surface area contributed by atoms with Crippen molar-refractivity contribution in [2.75, 3.05) is 31.8 Å². The lowest BCUT2D eigenvalue weighted by Gasteiger charge is -2.30. The fourth-order valence-corrected chi connectivity index (χ4v) is 7.44. The van der Waals surface area contributed by atoms with E-state index in [1.807, 2.05) is 0 Å². The molecule has 1 saturated heterocycles. The average molecular weight is 599 g/mol. The molecule has 1 aromatic heterocycles. The SMILES string of the molecule is CCOC(=O)COc1ccc([C@H]2c3sc(=O)[nH]c3SC3C(=O)N(c4ccc(C(=O)OCC)cc4)C(=O)C32)cc1OC. The van der Waals surface area contributed by atoms with Crippen LogP contribution in [-0.4, -0.2) is 60.9 Å². The van der Waals surface area contributed by atoms with Gasteiger partial charge in [0.2, 0.25) is 11.8 Å². The third kappa shape index (κ3) is 5.34. The van der Waals surface area contributed by atoms with Crippen LogP contribution in [0.2, 0.25) is 0 Å². The topological polar surface area (TPSA) is 141 Å². The number of aromatic nitrogens is 1. The van der Waals surface area contributed by atoms with Crippen LogP contribution >= 0.6 is 23.1 Å². The number of aromatic amines is 1. The zero-order valence-corrected chi connectivity index (χ0v) is 24.0. The number of thioether (sulfide) groups is 1. The molecule has 2 aromatic carbocycles.